The third-order valence-electron chi connectivity index (χ3n) is 2.01. The molecule has 1 aromatic heterocycles. The normalized spacial score (nSPS) is 11.6. The predicted molar refractivity (Wildman–Crippen MR) is 64.7 cm³/mol. The van der Waals surface area contributed by atoms with Crippen LogP contribution in [0.5, 0.6) is 0 Å². The van der Waals surface area contributed by atoms with Crippen molar-refractivity contribution in [2.45, 2.75) is 17.2 Å². The maximum absolute atomic E-state index is 12.7. The smallest absolute Gasteiger partial charge is 0.324 e. The van der Waals surface area contributed by atoms with Gasteiger partial charge < -0.3 is 11.1 Å². The topological polar surface area (TPSA) is 61.8 Å². The molecule has 0 aliphatic rings. The molecule has 0 radical (unpaired) electrons. The Hall–Kier alpha value is -1.14. The minimum atomic E-state index is -4.12. The van der Waals surface area contributed by atoms with E-state index in [1.54, 1.807) is 6.26 Å². The number of hydrogen-bond donors (Lipinski definition) is 2. The van der Waals surface area contributed by atoms with Gasteiger partial charge in [-0.15, -0.1) is 23.1 Å². The summed E-state index contributed by atoms with van der Waals surface area (Å²) in [5, 5.41) is 11.2. The Bertz CT molecular complexity index is 467. The molecule has 0 bridgehead atoms. The van der Waals surface area contributed by atoms with E-state index in [0.717, 1.165) is 23.1 Å². The SMILES string of the molecule is CSc1c(NCC(F)(F)C(F)F)sc(C#N)c1N. The van der Waals surface area contributed by atoms with Gasteiger partial charge in [-0.2, -0.15) is 14.0 Å². The minimum Gasteiger partial charge on any atom is -0.396 e. The molecule has 1 rings (SSSR count). The lowest BCUT2D eigenvalue weighted by atomic mass is 10.3. The second kappa shape index (κ2) is 5.67. The molecule has 0 amide bonds. The summed E-state index contributed by atoms with van der Waals surface area (Å²) in [4.78, 5) is 0.587. The van der Waals surface area contributed by atoms with Crippen molar-refractivity contribution in [3.63, 3.8) is 0 Å². The minimum absolute atomic E-state index is 0.169. The zero-order valence-electron chi connectivity index (χ0n) is 9.14. The van der Waals surface area contributed by atoms with E-state index in [1.807, 2.05) is 6.07 Å². The van der Waals surface area contributed by atoms with Gasteiger partial charge >= 0.3 is 12.3 Å². The zero-order chi connectivity index (χ0) is 13.9. The van der Waals surface area contributed by atoms with Crippen molar-refractivity contribution >= 4 is 33.8 Å². The molecule has 0 aliphatic heterocycles. The highest BCUT2D eigenvalue weighted by Crippen LogP contribution is 2.41. The lowest BCUT2D eigenvalue weighted by molar-refractivity contribution is -0.117. The van der Waals surface area contributed by atoms with Crippen LogP contribution in [0.4, 0.5) is 28.3 Å². The summed E-state index contributed by atoms with van der Waals surface area (Å²) in [5.41, 5.74) is 5.79. The number of nitriles is 1. The highest BCUT2D eigenvalue weighted by Gasteiger charge is 2.40. The summed E-state index contributed by atoms with van der Waals surface area (Å²) in [5.74, 6) is -4.12. The number of rotatable bonds is 5. The lowest BCUT2D eigenvalue weighted by Gasteiger charge is -2.16. The van der Waals surface area contributed by atoms with Crippen LogP contribution in [0.1, 0.15) is 4.88 Å². The molecular formula is C9H9F4N3S2. The fourth-order valence-corrected chi connectivity index (χ4v) is 2.93. The monoisotopic (exact) mass is 299 g/mol. The number of nitrogens with two attached hydrogens (primary N) is 1. The summed E-state index contributed by atoms with van der Waals surface area (Å²) >= 11 is 2.02. The predicted octanol–water partition coefficient (Wildman–Crippen LogP) is 3.24. The standard InChI is InChI=1S/C9H9F4N3S2/c1-17-6-5(15)4(2-14)18-7(6)16-3-9(12,13)8(10)11/h8,16H,3,15H2,1H3. The molecule has 0 saturated carbocycles. The molecular weight excluding hydrogens is 290 g/mol. The van der Waals surface area contributed by atoms with E-state index >= 15 is 0 Å². The lowest BCUT2D eigenvalue weighted by Crippen LogP contribution is -2.34. The van der Waals surface area contributed by atoms with Gasteiger partial charge in [0.1, 0.15) is 15.9 Å². The van der Waals surface area contributed by atoms with Gasteiger partial charge in [-0.1, -0.05) is 0 Å². The van der Waals surface area contributed by atoms with E-state index < -0.39 is 18.9 Å². The third-order valence-corrected chi connectivity index (χ3v) is 4.04. The fourth-order valence-electron chi connectivity index (χ4n) is 1.11. The van der Waals surface area contributed by atoms with Crippen molar-refractivity contribution in [2.75, 3.05) is 23.9 Å². The second-order valence-electron chi connectivity index (χ2n) is 3.23. The molecule has 0 atom stereocenters. The van der Waals surface area contributed by atoms with Crippen LogP contribution in [0.15, 0.2) is 4.90 Å². The molecule has 0 saturated heterocycles. The van der Waals surface area contributed by atoms with Crippen LogP contribution in [0.2, 0.25) is 0 Å². The second-order valence-corrected chi connectivity index (χ2v) is 5.07. The molecule has 0 spiro atoms. The molecule has 0 unspecified atom stereocenters. The van der Waals surface area contributed by atoms with Gasteiger partial charge in [0.2, 0.25) is 0 Å². The van der Waals surface area contributed by atoms with Crippen LogP contribution >= 0.6 is 23.1 Å². The Morgan fingerprint density at radius 3 is 2.61 bits per heavy atom. The molecule has 18 heavy (non-hydrogen) atoms. The molecule has 0 aliphatic carbocycles. The molecule has 100 valence electrons. The van der Waals surface area contributed by atoms with E-state index in [2.05, 4.69) is 5.32 Å². The van der Waals surface area contributed by atoms with Gasteiger partial charge in [0, 0.05) is 0 Å². The highest BCUT2D eigenvalue weighted by atomic mass is 32.2. The van der Waals surface area contributed by atoms with Crippen LogP contribution < -0.4 is 11.1 Å². The quantitative estimate of drug-likeness (QED) is 0.647. The Morgan fingerprint density at radius 1 is 1.56 bits per heavy atom. The van der Waals surface area contributed by atoms with E-state index in [9.17, 15) is 17.6 Å². The highest BCUT2D eigenvalue weighted by molar-refractivity contribution is 7.99. The number of thioether (sulfide) groups is 1. The summed E-state index contributed by atoms with van der Waals surface area (Å²) < 4.78 is 49.5. The summed E-state index contributed by atoms with van der Waals surface area (Å²) in [6, 6.07) is 1.81. The Kier molecular flexibility index (Phi) is 4.70. The first-order chi connectivity index (χ1) is 8.33. The van der Waals surface area contributed by atoms with E-state index in [1.165, 1.54) is 0 Å². The first-order valence-corrected chi connectivity index (χ1v) is 6.63. The maximum Gasteiger partial charge on any atom is 0.324 e. The number of halogens is 4. The third kappa shape index (κ3) is 3.00. The van der Waals surface area contributed by atoms with E-state index in [0.29, 0.717) is 4.90 Å². The van der Waals surface area contributed by atoms with Gasteiger partial charge in [0.25, 0.3) is 0 Å². The van der Waals surface area contributed by atoms with Crippen LogP contribution in [0.3, 0.4) is 0 Å². The fraction of sp³-hybridized carbons (Fsp3) is 0.444. The summed E-state index contributed by atoms with van der Waals surface area (Å²) in [6.07, 6.45) is -2.09. The van der Waals surface area contributed by atoms with Crippen molar-refractivity contribution in [1.29, 1.82) is 5.26 Å². The zero-order valence-corrected chi connectivity index (χ0v) is 10.8. The van der Waals surface area contributed by atoms with E-state index in [4.69, 9.17) is 11.0 Å². The number of thiophene rings is 1. The molecule has 3 N–H and O–H groups in total. The van der Waals surface area contributed by atoms with E-state index in [-0.39, 0.29) is 15.6 Å². The molecule has 9 heteroatoms. The van der Waals surface area contributed by atoms with Gasteiger partial charge in [-0.3, -0.25) is 0 Å². The van der Waals surface area contributed by atoms with Crippen molar-refractivity contribution in [3.05, 3.63) is 4.88 Å². The Balaban J connectivity index is 2.89. The number of anilines is 2. The Morgan fingerprint density at radius 2 is 2.17 bits per heavy atom. The van der Waals surface area contributed by atoms with Crippen molar-refractivity contribution in [1.82, 2.24) is 0 Å². The van der Waals surface area contributed by atoms with Crippen LogP contribution in [-0.4, -0.2) is 25.1 Å². The average molecular weight is 299 g/mol. The van der Waals surface area contributed by atoms with Crippen molar-refractivity contribution in [2.24, 2.45) is 0 Å². The largest absolute Gasteiger partial charge is 0.396 e. The van der Waals surface area contributed by atoms with Crippen LogP contribution in [0, 0.1) is 11.3 Å². The number of nitrogen functional groups attached to an aromatic ring is 1. The van der Waals surface area contributed by atoms with Crippen LogP contribution in [0.25, 0.3) is 0 Å². The molecule has 1 aromatic rings. The maximum atomic E-state index is 12.7. The van der Waals surface area contributed by atoms with Crippen molar-refractivity contribution < 1.29 is 17.6 Å². The van der Waals surface area contributed by atoms with Crippen LogP contribution in [-0.2, 0) is 0 Å². The number of hydrogen-bond acceptors (Lipinski definition) is 5. The van der Waals surface area contributed by atoms with Gasteiger partial charge in [0.05, 0.1) is 17.1 Å². The van der Waals surface area contributed by atoms with Gasteiger partial charge in [-0.05, 0) is 6.26 Å². The summed E-state index contributed by atoms with van der Waals surface area (Å²) in [6.45, 7) is -1.21. The molecule has 0 aromatic carbocycles. The average Bonchev–Trinajstić information content (AvgIpc) is 2.62. The first-order valence-electron chi connectivity index (χ1n) is 4.59. The number of nitrogens with one attached hydrogen (secondary N) is 1. The van der Waals surface area contributed by atoms with Gasteiger partial charge in [-0.25, -0.2) is 8.78 Å². The molecule has 3 nitrogen and oxygen atoms in total. The first kappa shape index (κ1) is 14.9. The van der Waals surface area contributed by atoms with Crippen molar-refractivity contribution in [3.8, 4) is 6.07 Å². The Labute approximate surface area is 109 Å². The number of alkyl halides is 4. The summed E-state index contributed by atoms with van der Waals surface area (Å²) in [7, 11) is 0. The number of nitrogens with zero attached hydrogens (tertiary/aromatic N) is 1. The molecule has 0 fully saturated rings. The molecule has 1 heterocycles. The van der Waals surface area contributed by atoms with Gasteiger partial charge in [0.15, 0.2) is 0 Å².